The van der Waals surface area contributed by atoms with E-state index >= 15 is 8.78 Å². The number of allylic oxidation sites excluding steroid dienone is 2. The Balaban J connectivity index is 1.45. The largest absolute Gasteiger partial charge is 0.419 e. The zero-order valence-electron chi connectivity index (χ0n) is 20.8. The van der Waals surface area contributed by atoms with Crippen LogP contribution in [0.5, 0.6) is 0 Å². The Kier molecular flexibility index (Phi) is 8.40. The van der Waals surface area contributed by atoms with Gasteiger partial charge in [-0.2, -0.15) is 13.2 Å². The van der Waals surface area contributed by atoms with Gasteiger partial charge in [-0.3, -0.25) is 0 Å². The molecule has 0 aliphatic heterocycles. The number of hydrogen-bond acceptors (Lipinski definition) is 0. The molecule has 0 atom stereocenters. The van der Waals surface area contributed by atoms with Crippen LogP contribution in [0.15, 0.2) is 91.0 Å². The van der Waals surface area contributed by atoms with E-state index in [1.54, 1.807) is 48.5 Å². The van der Waals surface area contributed by atoms with Crippen LogP contribution in [0.25, 0.3) is 22.3 Å². The van der Waals surface area contributed by atoms with Crippen LogP contribution in [0.3, 0.4) is 0 Å². The van der Waals surface area contributed by atoms with E-state index in [1.165, 1.54) is 6.07 Å². The fourth-order valence-corrected chi connectivity index (χ4v) is 4.35. The average molecular weight is 525 g/mol. The lowest BCUT2D eigenvalue weighted by Crippen LogP contribution is -2.08. The summed E-state index contributed by atoms with van der Waals surface area (Å²) in [6, 6.07) is 20.3. The normalized spacial score (nSPS) is 11.9. The van der Waals surface area contributed by atoms with Crippen molar-refractivity contribution in [3.63, 3.8) is 0 Å². The first kappa shape index (κ1) is 27.2. The molecule has 4 aromatic carbocycles. The van der Waals surface area contributed by atoms with Crippen LogP contribution in [0, 0.1) is 17.5 Å². The van der Waals surface area contributed by atoms with Crippen molar-refractivity contribution in [3.8, 4) is 22.3 Å². The standard InChI is InChI=1S/C32H26F6/c1-2-3-4-5-21-8-13-24(14-9-21)26-17-18-27(31(35)30(26)34)25-15-10-22(11-16-25)6-7-23-12-19-28(29(33)20-23)32(36,37)38/h2-3,8-20H,4-7H2,1H3/b3-2+. The van der Waals surface area contributed by atoms with Gasteiger partial charge >= 0.3 is 6.18 Å². The van der Waals surface area contributed by atoms with E-state index in [1.807, 2.05) is 25.1 Å². The summed E-state index contributed by atoms with van der Waals surface area (Å²) in [7, 11) is 0. The number of rotatable bonds is 8. The van der Waals surface area contributed by atoms with Gasteiger partial charge in [0.05, 0.1) is 5.56 Å². The first-order valence-corrected chi connectivity index (χ1v) is 12.3. The lowest BCUT2D eigenvalue weighted by Gasteiger charge is -2.11. The maximum absolute atomic E-state index is 15.0. The maximum atomic E-state index is 15.0. The third-order valence-electron chi connectivity index (χ3n) is 6.49. The number of hydrogen-bond donors (Lipinski definition) is 0. The Hall–Kier alpha value is -3.80. The zero-order valence-corrected chi connectivity index (χ0v) is 20.8. The predicted octanol–water partition coefficient (Wildman–Crippen LogP) is 9.75. The summed E-state index contributed by atoms with van der Waals surface area (Å²) >= 11 is 0. The summed E-state index contributed by atoms with van der Waals surface area (Å²) in [4.78, 5) is 0. The SMILES string of the molecule is C/C=C/CCc1ccc(-c2ccc(-c3ccc(CCc4ccc(C(F)(F)F)c(F)c4)cc3)c(F)c2F)cc1. The summed E-state index contributed by atoms with van der Waals surface area (Å²) in [5, 5.41) is 0. The lowest BCUT2D eigenvalue weighted by atomic mass is 9.96. The fraction of sp³-hybridized carbons (Fsp3) is 0.188. The monoisotopic (exact) mass is 524 g/mol. The average Bonchev–Trinajstić information content (AvgIpc) is 2.89. The van der Waals surface area contributed by atoms with E-state index in [0.29, 0.717) is 29.5 Å². The van der Waals surface area contributed by atoms with Gasteiger partial charge in [0.15, 0.2) is 11.6 Å². The predicted molar refractivity (Wildman–Crippen MR) is 139 cm³/mol. The summed E-state index contributed by atoms with van der Waals surface area (Å²) in [6.07, 6.45) is 1.91. The van der Waals surface area contributed by atoms with Crippen molar-refractivity contribution in [2.45, 2.75) is 38.8 Å². The van der Waals surface area contributed by atoms with Crippen LogP contribution in [0.2, 0.25) is 0 Å². The number of halogens is 6. The van der Waals surface area contributed by atoms with Gasteiger partial charge in [-0.15, -0.1) is 0 Å². The number of alkyl halides is 3. The van der Waals surface area contributed by atoms with E-state index in [9.17, 15) is 17.6 Å². The highest BCUT2D eigenvalue weighted by Gasteiger charge is 2.33. The molecule has 0 unspecified atom stereocenters. The molecular weight excluding hydrogens is 498 g/mol. The number of aryl methyl sites for hydroxylation is 3. The quantitative estimate of drug-likeness (QED) is 0.159. The number of benzene rings is 4. The molecule has 4 aromatic rings. The highest BCUT2D eigenvalue weighted by molar-refractivity contribution is 5.72. The smallest absolute Gasteiger partial charge is 0.206 e. The molecule has 0 nitrogen and oxygen atoms in total. The van der Waals surface area contributed by atoms with Crippen molar-refractivity contribution in [3.05, 3.63) is 131 Å². The van der Waals surface area contributed by atoms with E-state index in [4.69, 9.17) is 0 Å². The van der Waals surface area contributed by atoms with Crippen LogP contribution in [-0.4, -0.2) is 0 Å². The molecular formula is C32H26F6. The molecule has 0 saturated carbocycles. The Morgan fingerprint density at radius 3 is 1.55 bits per heavy atom. The summed E-state index contributed by atoms with van der Waals surface area (Å²) < 4.78 is 82.1. The third-order valence-corrected chi connectivity index (χ3v) is 6.49. The first-order chi connectivity index (χ1) is 18.2. The van der Waals surface area contributed by atoms with Crippen molar-refractivity contribution < 1.29 is 26.3 Å². The second-order valence-corrected chi connectivity index (χ2v) is 9.10. The molecule has 6 heteroatoms. The Morgan fingerprint density at radius 2 is 1.08 bits per heavy atom. The molecule has 0 spiro atoms. The van der Waals surface area contributed by atoms with Gasteiger partial charge in [-0.25, -0.2) is 13.2 Å². The zero-order chi connectivity index (χ0) is 27.3. The van der Waals surface area contributed by atoms with Crippen LogP contribution >= 0.6 is 0 Å². The molecule has 38 heavy (non-hydrogen) atoms. The molecule has 0 aromatic heterocycles. The molecule has 0 fully saturated rings. The molecule has 0 bridgehead atoms. The highest BCUT2D eigenvalue weighted by Crippen LogP contribution is 2.33. The van der Waals surface area contributed by atoms with Gasteiger partial charge in [0, 0.05) is 11.1 Å². The van der Waals surface area contributed by atoms with Crippen LogP contribution in [0.1, 0.15) is 35.6 Å². The van der Waals surface area contributed by atoms with E-state index in [0.717, 1.165) is 36.1 Å². The molecule has 4 rings (SSSR count). The molecule has 196 valence electrons. The molecule has 0 aliphatic carbocycles. The van der Waals surface area contributed by atoms with Gasteiger partial charge in [0.25, 0.3) is 0 Å². The molecule has 0 aliphatic rings. The van der Waals surface area contributed by atoms with Gasteiger partial charge in [0.1, 0.15) is 5.82 Å². The van der Waals surface area contributed by atoms with Crippen molar-refractivity contribution in [1.29, 1.82) is 0 Å². The van der Waals surface area contributed by atoms with E-state index in [2.05, 4.69) is 6.08 Å². The lowest BCUT2D eigenvalue weighted by molar-refractivity contribution is -0.140. The Labute approximate surface area is 218 Å². The van der Waals surface area contributed by atoms with Crippen molar-refractivity contribution in [2.75, 3.05) is 0 Å². The maximum Gasteiger partial charge on any atom is 0.419 e. The molecule has 0 saturated heterocycles. The fourth-order valence-electron chi connectivity index (χ4n) is 4.35. The minimum atomic E-state index is -4.73. The Bertz CT molecular complexity index is 1410. The minimum Gasteiger partial charge on any atom is -0.206 e. The molecule has 0 heterocycles. The van der Waals surface area contributed by atoms with Crippen molar-refractivity contribution in [1.82, 2.24) is 0 Å². The van der Waals surface area contributed by atoms with Crippen molar-refractivity contribution in [2.24, 2.45) is 0 Å². The topological polar surface area (TPSA) is 0 Å². The van der Waals surface area contributed by atoms with Gasteiger partial charge in [-0.1, -0.05) is 78.9 Å². The van der Waals surface area contributed by atoms with Gasteiger partial charge in [-0.05, 0) is 72.6 Å². The highest BCUT2D eigenvalue weighted by atomic mass is 19.4. The van der Waals surface area contributed by atoms with Gasteiger partial charge < -0.3 is 0 Å². The summed E-state index contributed by atoms with van der Waals surface area (Å²) in [5.41, 5.74) is 2.51. The second-order valence-electron chi connectivity index (χ2n) is 9.10. The summed E-state index contributed by atoms with van der Waals surface area (Å²) in [6.45, 7) is 1.97. The van der Waals surface area contributed by atoms with Crippen LogP contribution < -0.4 is 0 Å². The third kappa shape index (κ3) is 6.36. The minimum absolute atomic E-state index is 0.130. The first-order valence-electron chi connectivity index (χ1n) is 12.3. The molecule has 0 amide bonds. The van der Waals surface area contributed by atoms with E-state index < -0.39 is 29.2 Å². The second kappa shape index (κ2) is 11.7. The van der Waals surface area contributed by atoms with Crippen LogP contribution in [0.4, 0.5) is 26.3 Å². The molecule has 0 N–H and O–H groups in total. The molecule has 0 radical (unpaired) electrons. The van der Waals surface area contributed by atoms with E-state index in [-0.39, 0.29) is 11.1 Å². The van der Waals surface area contributed by atoms with Gasteiger partial charge in [0.2, 0.25) is 0 Å². The van der Waals surface area contributed by atoms with Crippen LogP contribution in [-0.2, 0) is 25.4 Å². The summed E-state index contributed by atoms with van der Waals surface area (Å²) in [5.74, 6) is -3.16. The Morgan fingerprint density at radius 1 is 0.605 bits per heavy atom. The van der Waals surface area contributed by atoms with Crippen molar-refractivity contribution >= 4 is 0 Å².